The fraction of sp³-hybridized carbons (Fsp3) is 0.917. The van der Waals surface area contributed by atoms with Gasteiger partial charge in [0.25, 0.3) is 0 Å². The van der Waals surface area contributed by atoms with Gasteiger partial charge in [0.15, 0.2) is 0 Å². The number of hydrogen-bond acceptors (Lipinski definition) is 3. The lowest BCUT2D eigenvalue weighted by Gasteiger charge is -2.39. The molecule has 3 unspecified atom stereocenters. The second-order valence-electron chi connectivity index (χ2n) is 5.05. The quantitative estimate of drug-likeness (QED) is 0.673. The molecule has 0 aliphatic carbocycles. The fourth-order valence-corrected chi connectivity index (χ4v) is 3.39. The van der Waals surface area contributed by atoms with Gasteiger partial charge in [0, 0.05) is 0 Å². The van der Waals surface area contributed by atoms with Crippen molar-refractivity contribution in [3.63, 3.8) is 0 Å². The molecule has 16 heavy (non-hydrogen) atoms. The average Bonchev–Trinajstić information content (AvgIpc) is 3.03. The maximum atomic E-state index is 11.9. The van der Waals surface area contributed by atoms with Gasteiger partial charge in [-0.3, -0.25) is 4.90 Å². The summed E-state index contributed by atoms with van der Waals surface area (Å²) in [6.07, 6.45) is 3.88. The zero-order chi connectivity index (χ0) is 11.3. The molecule has 2 bridgehead atoms. The van der Waals surface area contributed by atoms with Crippen molar-refractivity contribution in [1.29, 1.82) is 0 Å². The predicted molar refractivity (Wildman–Crippen MR) is 58.1 cm³/mol. The molecular weight excluding hydrogens is 206 g/mol. The van der Waals surface area contributed by atoms with Crippen molar-refractivity contribution in [1.82, 2.24) is 4.90 Å². The third kappa shape index (κ3) is 1.35. The molecule has 0 spiro atoms. The third-order valence-corrected chi connectivity index (χ3v) is 4.24. The molecule has 90 valence electrons. The van der Waals surface area contributed by atoms with Gasteiger partial charge in [-0.1, -0.05) is 13.3 Å². The van der Waals surface area contributed by atoms with E-state index in [9.17, 15) is 4.79 Å². The van der Waals surface area contributed by atoms with Gasteiger partial charge in [-0.15, -0.1) is 0 Å². The second kappa shape index (κ2) is 3.62. The molecule has 0 N–H and O–H groups in total. The molecule has 4 nitrogen and oxygen atoms in total. The van der Waals surface area contributed by atoms with Crippen LogP contribution in [-0.2, 0) is 9.47 Å². The predicted octanol–water partition coefficient (Wildman–Crippen LogP) is 1.78. The Bertz CT molecular complexity index is 289. The van der Waals surface area contributed by atoms with Gasteiger partial charge in [-0.2, -0.15) is 0 Å². The highest BCUT2D eigenvalue weighted by Gasteiger charge is 2.65. The molecule has 3 heterocycles. The molecule has 1 amide bonds. The molecule has 5 atom stereocenters. The van der Waals surface area contributed by atoms with Gasteiger partial charge in [-0.25, -0.2) is 4.79 Å². The maximum absolute atomic E-state index is 11.9. The first-order valence-electron chi connectivity index (χ1n) is 6.36. The van der Waals surface area contributed by atoms with Crippen LogP contribution < -0.4 is 0 Å². The number of nitrogens with zero attached hydrogens (tertiary/aromatic N) is 1. The van der Waals surface area contributed by atoms with Crippen molar-refractivity contribution in [2.45, 2.75) is 57.4 Å². The molecule has 3 aliphatic heterocycles. The summed E-state index contributed by atoms with van der Waals surface area (Å²) < 4.78 is 10.8. The van der Waals surface area contributed by atoms with Crippen molar-refractivity contribution in [3.05, 3.63) is 0 Å². The van der Waals surface area contributed by atoms with E-state index < -0.39 is 0 Å². The highest BCUT2D eigenvalue weighted by Crippen LogP contribution is 2.50. The van der Waals surface area contributed by atoms with Crippen molar-refractivity contribution in [2.75, 3.05) is 6.61 Å². The number of ether oxygens (including phenoxy) is 2. The maximum Gasteiger partial charge on any atom is 0.410 e. The van der Waals surface area contributed by atoms with E-state index >= 15 is 0 Å². The first-order chi connectivity index (χ1) is 7.76. The van der Waals surface area contributed by atoms with Gasteiger partial charge in [-0.05, 0) is 25.7 Å². The number of fused-ring (bicyclic) bond motifs is 5. The molecule has 3 fully saturated rings. The van der Waals surface area contributed by atoms with Crippen molar-refractivity contribution >= 4 is 6.09 Å². The zero-order valence-corrected chi connectivity index (χ0v) is 9.89. The molecule has 0 saturated carbocycles. The SMILES string of the molecule is CCOC(=O)N1C2CC(CC)CC1[C@@H]1O[C@H]21. The summed E-state index contributed by atoms with van der Waals surface area (Å²) in [6, 6.07) is 0.570. The number of epoxide rings is 1. The Balaban J connectivity index is 1.75. The summed E-state index contributed by atoms with van der Waals surface area (Å²) in [4.78, 5) is 13.8. The second-order valence-corrected chi connectivity index (χ2v) is 5.05. The van der Waals surface area contributed by atoms with Crippen LogP contribution in [0.25, 0.3) is 0 Å². The smallest absolute Gasteiger partial charge is 0.410 e. The van der Waals surface area contributed by atoms with E-state index in [2.05, 4.69) is 6.92 Å². The number of carbonyl (C=O) groups is 1. The number of amides is 1. The van der Waals surface area contributed by atoms with E-state index in [0.717, 1.165) is 18.8 Å². The highest BCUT2D eigenvalue weighted by atomic mass is 16.6. The molecule has 3 rings (SSSR count). The Morgan fingerprint density at radius 3 is 2.44 bits per heavy atom. The zero-order valence-electron chi connectivity index (χ0n) is 9.89. The molecule has 3 saturated heterocycles. The van der Waals surface area contributed by atoms with Crippen LogP contribution in [0.1, 0.15) is 33.1 Å². The van der Waals surface area contributed by atoms with Crippen LogP contribution >= 0.6 is 0 Å². The lowest BCUT2D eigenvalue weighted by molar-refractivity contribution is 0.0169. The van der Waals surface area contributed by atoms with E-state index in [1.54, 1.807) is 0 Å². The minimum absolute atomic E-state index is 0.136. The summed E-state index contributed by atoms with van der Waals surface area (Å²) in [6.45, 7) is 4.55. The summed E-state index contributed by atoms with van der Waals surface area (Å²) in [5.41, 5.74) is 0. The van der Waals surface area contributed by atoms with Crippen LogP contribution in [0.4, 0.5) is 4.79 Å². The fourth-order valence-electron chi connectivity index (χ4n) is 3.39. The van der Waals surface area contributed by atoms with Crippen molar-refractivity contribution in [3.8, 4) is 0 Å². The minimum atomic E-state index is -0.136. The Morgan fingerprint density at radius 2 is 1.94 bits per heavy atom. The molecule has 4 heteroatoms. The molecule has 3 aliphatic rings. The van der Waals surface area contributed by atoms with Crippen LogP contribution in [0, 0.1) is 5.92 Å². The molecule has 0 aromatic carbocycles. The Kier molecular flexibility index (Phi) is 2.35. The number of morpholine rings is 1. The first kappa shape index (κ1) is 10.4. The summed E-state index contributed by atoms with van der Waals surface area (Å²) in [5.74, 6) is 0.761. The monoisotopic (exact) mass is 225 g/mol. The van der Waals surface area contributed by atoms with E-state index in [1.165, 1.54) is 6.42 Å². The van der Waals surface area contributed by atoms with Gasteiger partial charge in [0.1, 0.15) is 12.2 Å². The van der Waals surface area contributed by atoms with Crippen molar-refractivity contribution < 1.29 is 14.3 Å². The number of carbonyl (C=O) groups excluding carboxylic acids is 1. The number of hydrogen-bond donors (Lipinski definition) is 0. The van der Waals surface area contributed by atoms with Crippen molar-refractivity contribution in [2.24, 2.45) is 5.92 Å². The Morgan fingerprint density at radius 1 is 1.31 bits per heavy atom. The van der Waals surface area contributed by atoms with E-state index in [1.807, 2.05) is 11.8 Å². The summed E-state index contributed by atoms with van der Waals surface area (Å²) in [5, 5.41) is 0. The molecular formula is C12H19NO3. The third-order valence-electron chi connectivity index (χ3n) is 4.24. The molecule has 0 aromatic heterocycles. The van der Waals surface area contributed by atoms with Gasteiger partial charge < -0.3 is 9.47 Å². The normalized spacial score (nSPS) is 44.1. The topological polar surface area (TPSA) is 42.1 Å². The lowest BCUT2D eigenvalue weighted by atomic mass is 9.88. The van der Waals surface area contributed by atoms with E-state index in [4.69, 9.17) is 9.47 Å². The van der Waals surface area contributed by atoms with Crippen LogP contribution in [0.2, 0.25) is 0 Å². The molecule has 0 radical (unpaired) electrons. The summed E-state index contributed by atoms with van der Waals surface area (Å²) in [7, 11) is 0. The lowest BCUT2D eigenvalue weighted by Crippen LogP contribution is -2.50. The van der Waals surface area contributed by atoms with Gasteiger partial charge in [0.05, 0.1) is 18.7 Å². The van der Waals surface area contributed by atoms with Gasteiger partial charge >= 0.3 is 6.09 Å². The standard InChI is InChI=1S/C12H19NO3/c1-3-7-5-8-10-11(16-10)9(6-7)13(8)12(14)15-4-2/h7-11H,3-6H2,1-2H3/t7?,8?,9?,10-,11+. The van der Waals surface area contributed by atoms with Gasteiger partial charge in [0.2, 0.25) is 0 Å². The van der Waals surface area contributed by atoms with Crippen LogP contribution in [-0.4, -0.2) is 41.9 Å². The van der Waals surface area contributed by atoms with Crippen LogP contribution in [0.3, 0.4) is 0 Å². The van der Waals surface area contributed by atoms with E-state index in [0.29, 0.717) is 18.8 Å². The minimum Gasteiger partial charge on any atom is -0.450 e. The Labute approximate surface area is 95.9 Å². The number of rotatable bonds is 2. The van der Waals surface area contributed by atoms with Crippen LogP contribution in [0.15, 0.2) is 0 Å². The largest absolute Gasteiger partial charge is 0.450 e. The highest BCUT2D eigenvalue weighted by molar-refractivity contribution is 5.70. The average molecular weight is 225 g/mol. The Hall–Kier alpha value is -0.770. The number of piperidine rings is 1. The molecule has 0 aromatic rings. The van der Waals surface area contributed by atoms with Crippen LogP contribution in [0.5, 0.6) is 0 Å². The summed E-state index contributed by atoms with van der Waals surface area (Å²) >= 11 is 0. The van der Waals surface area contributed by atoms with E-state index in [-0.39, 0.29) is 18.2 Å². The first-order valence-corrected chi connectivity index (χ1v) is 6.36.